The van der Waals surface area contributed by atoms with Gasteiger partial charge in [0, 0.05) is 6.04 Å². The minimum atomic E-state index is -0.539. The van der Waals surface area contributed by atoms with E-state index in [2.05, 4.69) is 17.3 Å². The highest BCUT2D eigenvalue weighted by Crippen LogP contribution is 2.29. The number of aromatic nitrogens is 2. The fraction of sp³-hybridized carbons (Fsp3) is 0.389. The molecule has 1 heterocycles. The number of benzene rings is 1. The number of ether oxygens (including phenoxy) is 1. The van der Waals surface area contributed by atoms with Crippen LogP contribution >= 0.6 is 11.6 Å². The molecule has 1 aromatic heterocycles. The average molecular weight is 362 g/mol. The molecule has 0 amide bonds. The summed E-state index contributed by atoms with van der Waals surface area (Å²) in [7, 11) is 1.29. The molecule has 0 spiro atoms. The highest BCUT2D eigenvalue weighted by molar-refractivity contribution is 6.33. The summed E-state index contributed by atoms with van der Waals surface area (Å²) < 4.78 is 5.89. The van der Waals surface area contributed by atoms with Crippen LogP contribution in [0.15, 0.2) is 35.3 Å². The predicted octanol–water partition coefficient (Wildman–Crippen LogP) is 3.27. The smallest absolute Gasteiger partial charge is 0.340 e. The van der Waals surface area contributed by atoms with E-state index in [9.17, 15) is 9.59 Å². The van der Waals surface area contributed by atoms with Gasteiger partial charge in [-0.1, -0.05) is 30.7 Å². The highest BCUT2D eigenvalue weighted by Gasteiger charge is 2.23. The summed E-state index contributed by atoms with van der Waals surface area (Å²) in [5.41, 5.74) is 0.634. The summed E-state index contributed by atoms with van der Waals surface area (Å²) in [4.78, 5) is 24.6. The van der Waals surface area contributed by atoms with Crippen molar-refractivity contribution in [3.8, 4) is 5.69 Å². The van der Waals surface area contributed by atoms with Crippen LogP contribution in [0.1, 0.15) is 36.5 Å². The van der Waals surface area contributed by atoms with Crippen molar-refractivity contribution in [3.63, 3.8) is 0 Å². The molecule has 0 bridgehead atoms. The molecule has 0 aliphatic heterocycles. The van der Waals surface area contributed by atoms with Crippen molar-refractivity contribution in [2.75, 3.05) is 12.4 Å². The standard InChI is InChI=1S/C18H20ClN3O3/c1-11-7-8-12(9-11)21-14-10-20-22(17(23)16(14)19)15-6-4-3-5-13(15)18(24)25-2/h3-6,10-12,21H,7-9H2,1-2H3. The lowest BCUT2D eigenvalue weighted by molar-refractivity contribution is 0.0600. The van der Waals surface area contributed by atoms with Gasteiger partial charge in [0.15, 0.2) is 0 Å². The first kappa shape index (κ1) is 17.5. The zero-order valence-electron chi connectivity index (χ0n) is 14.2. The van der Waals surface area contributed by atoms with Crippen LogP contribution in [0, 0.1) is 5.92 Å². The third-order valence-corrected chi connectivity index (χ3v) is 4.88. The van der Waals surface area contributed by atoms with Crippen molar-refractivity contribution >= 4 is 23.3 Å². The number of esters is 1. The van der Waals surface area contributed by atoms with E-state index in [0.29, 0.717) is 23.3 Å². The zero-order valence-corrected chi connectivity index (χ0v) is 14.9. The third-order valence-electron chi connectivity index (χ3n) is 4.51. The largest absolute Gasteiger partial charge is 0.465 e. The number of nitrogens with zero attached hydrogens (tertiary/aromatic N) is 2. The molecule has 3 rings (SSSR count). The number of anilines is 1. The van der Waals surface area contributed by atoms with E-state index in [1.54, 1.807) is 24.3 Å². The van der Waals surface area contributed by atoms with Gasteiger partial charge in [0.05, 0.1) is 30.2 Å². The van der Waals surface area contributed by atoms with E-state index in [4.69, 9.17) is 16.3 Å². The Kier molecular flexibility index (Phi) is 5.08. The zero-order chi connectivity index (χ0) is 18.0. The maximum Gasteiger partial charge on any atom is 0.340 e. The molecular formula is C18H20ClN3O3. The van der Waals surface area contributed by atoms with Gasteiger partial charge in [-0.15, -0.1) is 0 Å². The quantitative estimate of drug-likeness (QED) is 0.846. The molecule has 1 aliphatic rings. The Labute approximate surface area is 150 Å². The topological polar surface area (TPSA) is 73.2 Å². The number of halogens is 1. The number of para-hydroxylation sites is 1. The second-order valence-corrected chi connectivity index (χ2v) is 6.74. The summed E-state index contributed by atoms with van der Waals surface area (Å²) in [5.74, 6) is 0.124. The van der Waals surface area contributed by atoms with E-state index in [1.165, 1.54) is 13.3 Å². The van der Waals surface area contributed by atoms with Crippen LogP contribution in [0.3, 0.4) is 0 Å². The number of carbonyl (C=O) groups excluding carboxylic acids is 1. The van der Waals surface area contributed by atoms with E-state index < -0.39 is 11.5 Å². The lowest BCUT2D eigenvalue weighted by Gasteiger charge is -2.16. The molecule has 0 radical (unpaired) electrons. The van der Waals surface area contributed by atoms with Crippen molar-refractivity contribution in [1.82, 2.24) is 9.78 Å². The number of hydrogen-bond donors (Lipinski definition) is 1. The van der Waals surface area contributed by atoms with Gasteiger partial charge in [0.25, 0.3) is 5.56 Å². The molecule has 1 aliphatic carbocycles. The van der Waals surface area contributed by atoms with Crippen molar-refractivity contribution in [2.24, 2.45) is 5.92 Å². The maximum absolute atomic E-state index is 12.7. The molecule has 1 fully saturated rings. The second kappa shape index (κ2) is 7.27. The van der Waals surface area contributed by atoms with Gasteiger partial charge in [-0.3, -0.25) is 4.79 Å². The van der Waals surface area contributed by atoms with Crippen molar-refractivity contribution < 1.29 is 9.53 Å². The number of carbonyl (C=O) groups is 1. The molecule has 2 aromatic rings. The Morgan fingerprint density at radius 1 is 1.36 bits per heavy atom. The van der Waals surface area contributed by atoms with Crippen LogP contribution in [0.25, 0.3) is 5.69 Å². The Morgan fingerprint density at radius 2 is 2.12 bits per heavy atom. The first-order chi connectivity index (χ1) is 12.0. The van der Waals surface area contributed by atoms with E-state index in [-0.39, 0.29) is 10.6 Å². The Bertz CT molecular complexity index is 850. The van der Waals surface area contributed by atoms with Crippen LogP contribution in [-0.4, -0.2) is 28.9 Å². The molecule has 2 atom stereocenters. The van der Waals surface area contributed by atoms with Crippen LogP contribution in [0.4, 0.5) is 5.69 Å². The minimum absolute atomic E-state index is 0.0641. The SMILES string of the molecule is COC(=O)c1ccccc1-n1ncc(NC2CCC(C)C2)c(Cl)c1=O. The molecule has 2 unspecified atom stereocenters. The fourth-order valence-corrected chi connectivity index (χ4v) is 3.39. The molecule has 1 saturated carbocycles. The number of rotatable bonds is 4. The Morgan fingerprint density at radius 3 is 2.80 bits per heavy atom. The van der Waals surface area contributed by atoms with Crippen LogP contribution in [0.5, 0.6) is 0 Å². The lowest BCUT2D eigenvalue weighted by atomic mass is 10.1. The van der Waals surface area contributed by atoms with E-state index >= 15 is 0 Å². The van der Waals surface area contributed by atoms with Gasteiger partial charge in [0.2, 0.25) is 0 Å². The summed E-state index contributed by atoms with van der Waals surface area (Å²) in [6, 6.07) is 6.92. The van der Waals surface area contributed by atoms with Crippen LogP contribution in [-0.2, 0) is 4.74 Å². The third kappa shape index (κ3) is 3.54. The molecular weight excluding hydrogens is 342 g/mol. The summed E-state index contributed by atoms with van der Waals surface area (Å²) >= 11 is 6.28. The molecule has 25 heavy (non-hydrogen) atoms. The molecule has 6 nitrogen and oxygen atoms in total. The van der Waals surface area contributed by atoms with Crippen molar-refractivity contribution in [1.29, 1.82) is 0 Å². The van der Waals surface area contributed by atoms with Crippen molar-refractivity contribution in [2.45, 2.75) is 32.2 Å². The van der Waals surface area contributed by atoms with Crippen LogP contribution < -0.4 is 10.9 Å². The molecule has 1 N–H and O–H groups in total. The minimum Gasteiger partial charge on any atom is -0.465 e. The molecule has 0 saturated heterocycles. The van der Waals surface area contributed by atoms with Gasteiger partial charge in [-0.25, -0.2) is 4.79 Å². The predicted molar refractivity (Wildman–Crippen MR) is 96.6 cm³/mol. The molecule has 132 valence electrons. The van der Waals surface area contributed by atoms with Crippen molar-refractivity contribution in [3.05, 3.63) is 51.4 Å². The van der Waals surface area contributed by atoms with E-state index in [0.717, 1.165) is 23.9 Å². The first-order valence-electron chi connectivity index (χ1n) is 8.23. The van der Waals surface area contributed by atoms with Gasteiger partial charge in [0.1, 0.15) is 5.02 Å². The first-order valence-corrected chi connectivity index (χ1v) is 8.61. The summed E-state index contributed by atoms with van der Waals surface area (Å²) in [6.07, 6.45) is 4.78. The van der Waals surface area contributed by atoms with Gasteiger partial charge in [-0.05, 0) is 37.3 Å². The fourth-order valence-electron chi connectivity index (χ4n) is 3.20. The van der Waals surface area contributed by atoms with E-state index in [1.807, 2.05) is 0 Å². The van der Waals surface area contributed by atoms with Crippen LogP contribution in [0.2, 0.25) is 5.02 Å². The monoisotopic (exact) mass is 361 g/mol. The summed E-state index contributed by atoms with van der Waals surface area (Å²) in [6.45, 7) is 2.21. The molecule has 1 aromatic carbocycles. The van der Waals surface area contributed by atoms with Gasteiger partial charge in [-0.2, -0.15) is 9.78 Å². The van der Waals surface area contributed by atoms with Gasteiger partial charge < -0.3 is 10.1 Å². The highest BCUT2D eigenvalue weighted by atomic mass is 35.5. The van der Waals surface area contributed by atoms with Gasteiger partial charge >= 0.3 is 5.97 Å². The Balaban J connectivity index is 1.96. The molecule has 7 heteroatoms. The Hall–Kier alpha value is -2.34. The number of methoxy groups -OCH3 is 1. The maximum atomic E-state index is 12.7. The number of nitrogens with one attached hydrogen (secondary N) is 1. The normalized spacial score (nSPS) is 19.6. The summed E-state index contributed by atoms with van der Waals surface area (Å²) in [5, 5.41) is 7.57. The second-order valence-electron chi connectivity index (χ2n) is 6.36. The number of hydrogen-bond acceptors (Lipinski definition) is 5. The lowest BCUT2D eigenvalue weighted by Crippen LogP contribution is -2.26. The average Bonchev–Trinajstić information content (AvgIpc) is 3.03.